The molecule has 0 atom stereocenters. The van der Waals surface area contributed by atoms with Crippen LogP contribution in [0.1, 0.15) is 6.42 Å². The van der Waals surface area contributed by atoms with Gasteiger partial charge in [0.05, 0.1) is 22.8 Å². The van der Waals surface area contributed by atoms with Crippen molar-refractivity contribution in [3.8, 4) is 22.1 Å². The topological polar surface area (TPSA) is 74.2 Å². The highest BCUT2D eigenvalue weighted by Crippen LogP contribution is 2.26. The minimum atomic E-state index is -0.0580. The number of anilines is 1. The Morgan fingerprint density at radius 2 is 2.03 bits per heavy atom. The minimum absolute atomic E-state index is 0.0580. The van der Waals surface area contributed by atoms with E-state index in [2.05, 4.69) is 37.1 Å². The molecule has 150 valence electrons. The summed E-state index contributed by atoms with van der Waals surface area (Å²) in [6.45, 7) is 4.24. The number of rotatable bonds is 5. The van der Waals surface area contributed by atoms with Gasteiger partial charge in [-0.15, -0.1) is 11.3 Å². The number of carbonyl (C=O) groups excluding carboxylic acids is 1. The number of nitrogens with one attached hydrogen (secondary N) is 1. The van der Waals surface area contributed by atoms with Crippen molar-refractivity contribution < 1.29 is 4.79 Å². The van der Waals surface area contributed by atoms with Crippen molar-refractivity contribution >= 4 is 23.1 Å². The molecule has 3 aromatic rings. The SMILES string of the molecule is CN1CCCN(CC(=O)Nc2cc(-c3ccccn3)nc(-c3cccs3)n2)CC1. The second kappa shape index (κ2) is 9.21. The van der Waals surface area contributed by atoms with Crippen molar-refractivity contribution in [3.05, 3.63) is 48.0 Å². The zero-order chi connectivity index (χ0) is 20.1. The summed E-state index contributed by atoms with van der Waals surface area (Å²) >= 11 is 1.57. The molecule has 4 rings (SSSR count). The lowest BCUT2D eigenvalue weighted by Crippen LogP contribution is -2.36. The van der Waals surface area contributed by atoms with Gasteiger partial charge in [0.2, 0.25) is 5.91 Å². The average Bonchev–Trinajstić information content (AvgIpc) is 3.20. The molecule has 8 heteroatoms. The van der Waals surface area contributed by atoms with Gasteiger partial charge in [-0.1, -0.05) is 12.1 Å². The summed E-state index contributed by atoms with van der Waals surface area (Å²) in [6, 6.07) is 11.4. The van der Waals surface area contributed by atoms with Crippen LogP contribution in [0.2, 0.25) is 0 Å². The van der Waals surface area contributed by atoms with Gasteiger partial charge >= 0.3 is 0 Å². The normalized spacial score (nSPS) is 15.8. The van der Waals surface area contributed by atoms with Gasteiger partial charge in [-0.05, 0) is 50.1 Å². The van der Waals surface area contributed by atoms with Crippen LogP contribution in [0, 0.1) is 0 Å². The monoisotopic (exact) mass is 408 g/mol. The molecule has 0 aliphatic carbocycles. The summed E-state index contributed by atoms with van der Waals surface area (Å²) in [5.74, 6) is 1.04. The van der Waals surface area contributed by atoms with Gasteiger partial charge in [0.15, 0.2) is 5.82 Å². The largest absolute Gasteiger partial charge is 0.309 e. The van der Waals surface area contributed by atoms with Gasteiger partial charge in [0, 0.05) is 25.4 Å². The average molecular weight is 409 g/mol. The van der Waals surface area contributed by atoms with Crippen LogP contribution in [0.4, 0.5) is 5.82 Å². The Balaban J connectivity index is 1.54. The third-order valence-corrected chi connectivity index (χ3v) is 5.71. The van der Waals surface area contributed by atoms with Crippen molar-refractivity contribution in [2.24, 2.45) is 0 Å². The summed E-state index contributed by atoms with van der Waals surface area (Å²) in [5, 5.41) is 4.95. The van der Waals surface area contributed by atoms with Crippen molar-refractivity contribution in [2.75, 3.05) is 45.1 Å². The molecule has 0 aromatic carbocycles. The Hall–Kier alpha value is -2.68. The van der Waals surface area contributed by atoms with Crippen LogP contribution in [0.25, 0.3) is 22.1 Å². The first-order valence-corrected chi connectivity index (χ1v) is 10.6. The summed E-state index contributed by atoms with van der Waals surface area (Å²) in [7, 11) is 2.12. The summed E-state index contributed by atoms with van der Waals surface area (Å²) in [5.41, 5.74) is 1.44. The van der Waals surface area contributed by atoms with Gasteiger partial charge < -0.3 is 10.2 Å². The van der Waals surface area contributed by atoms with Crippen LogP contribution in [-0.2, 0) is 4.79 Å². The van der Waals surface area contributed by atoms with E-state index in [1.807, 2.05) is 35.7 Å². The number of thiophene rings is 1. The molecule has 3 aromatic heterocycles. The molecular weight excluding hydrogens is 384 g/mol. The van der Waals surface area contributed by atoms with Crippen molar-refractivity contribution in [1.82, 2.24) is 24.8 Å². The Kier molecular flexibility index (Phi) is 6.24. The zero-order valence-electron chi connectivity index (χ0n) is 16.4. The highest BCUT2D eigenvalue weighted by atomic mass is 32.1. The molecule has 1 aliphatic rings. The fourth-order valence-electron chi connectivity index (χ4n) is 3.32. The smallest absolute Gasteiger partial charge is 0.239 e. The van der Waals surface area contributed by atoms with E-state index in [1.54, 1.807) is 23.6 Å². The number of nitrogens with zero attached hydrogens (tertiary/aromatic N) is 5. The standard InChI is InChI=1S/C21H24N6OS/c1-26-9-5-10-27(12-11-26)15-20(28)24-19-14-17(16-6-2-3-8-22-16)23-21(25-19)18-7-4-13-29-18/h2-4,6-8,13-14H,5,9-12,15H2,1H3,(H,23,24,25,28). The predicted octanol–water partition coefficient (Wildman–Crippen LogP) is 2.84. The Bertz CT molecular complexity index is 947. The van der Waals surface area contributed by atoms with Crippen LogP contribution in [0.5, 0.6) is 0 Å². The second-order valence-electron chi connectivity index (χ2n) is 7.14. The first-order chi connectivity index (χ1) is 14.2. The first kappa shape index (κ1) is 19.6. The van der Waals surface area contributed by atoms with Crippen LogP contribution < -0.4 is 5.32 Å². The molecule has 1 amide bonds. The first-order valence-electron chi connectivity index (χ1n) is 9.72. The maximum atomic E-state index is 12.7. The molecule has 0 saturated carbocycles. The predicted molar refractivity (Wildman–Crippen MR) is 116 cm³/mol. The van der Waals surface area contributed by atoms with E-state index in [0.717, 1.165) is 43.2 Å². The molecule has 0 bridgehead atoms. The van der Waals surface area contributed by atoms with Crippen molar-refractivity contribution in [1.29, 1.82) is 0 Å². The zero-order valence-corrected chi connectivity index (χ0v) is 17.2. The Morgan fingerprint density at radius 3 is 2.83 bits per heavy atom. The van der Waals surface area contributed by atoms with Crippen molar-refractivity contribution in [3.63, 3.8) is 0 Å². The van der Waals surface area contributed by atoms with Gasteiger partial charge in [-0.25, -0.2) is 9.97 Å². The molecule has 1 N–H and O–H groups in total. The van der Waals surface area contributed by atoms with E-state index in [4.69, 9.17) is 0 Å². The van der Waals surface area contributed by atoms with E-state index in [0.29, 0.717) is 23.9 Å². The molecule has 1 saturated heterocycles. The fraction of sp³-hybridized carbons (Fsp3) is 0.333. The highest BCUT2D eigenvalue weighted by molar-refractivity contribution is 7.13. The quantitative estimate of drug-likeness (QED) is 0.700. The summed E-state index contributed by atoms with van der Waals surface area (Å²) in [4.78, 5) is 31.8. The highest BCUT2D eigenvalue weighted by Gasteiger charge is 2.17. The van der Waals surface area contributed by atoms with Crippen LogP contribution in [-0.4, -0.2) is 70.4 Å². The van der Waals surface area contributed by atoms with Crippen molar-refractivity contribution in [2.45, 2.75) is 6.42 Å². The summed E-state index contributed by atoms with van der Waals surface area (Å²) < 4.78 is 0. The van der Waals surface area contributed by atoms with Gasteiger partial charge in [-0.2, -0.15) is 0 Å². The molecule has 29 heavy (non-hydrogen) atoms. The van der Waals surface area contributed by atoms with Crippen LogP contribution >= 0.6 is 11.3 Å². The minimum Gasteiger partial charge on any atom is -0.309 e. The lowest BCUT2D eigenvalue weighted by molar-refractivity contribution is -0.117. The molecule has 0 unspecified atom stereocenters. The number of amides is 1. The third-order valence-electron chi connectivity index (χ3n) is 4.84. The lowest BCUT2D eigenvalue weighted by Gasteiger charge is -2.19. The molecule has 4 heterocycles. The number of aromatic nitrogens is 3. The fourth-order valence-corrected chi connectivity index (χ4v) is 3.97. The van der Waals surface area contributed by atoms with Gasteiger partial charge in [0.25, 0.3) is 0 Å². The number of hydrogen-bond acceptors (Lipinski definition) is 7. The third kappa shape index (κ3) is 5.23. The molecule has 0 spiro atoms. The number of hydrogen-bond donors (Lipinski definition) is 1. The second-order valence-corrected chi connectivity index (χ2v) is 8.08. The number of carbonyl (C=O) groups is 1. The molecule has 0 radical (unpaired) electrons. The van der Waals surface area contributed by atoms with Gasteiger partial charge in [-0.3, -0.25) is 14.7 Å². The molecule has 1 aliphatic heterocycles. The maximum absolute atomic E-state index is 12.7. The van der Waals surface area contributed by atoms with E-state index in [9.17, 15) is 4.79 Å². The number of likely N-dealkylation sites (N-methyl/N-ethyl adjacent to an activating group) is 1. The number of pyridine rings is 1. The Morgan fingerprint density at radius 1 is 1.10 bits per heavy atom. The van der Waals surface area contributed by atoms with E-state index in [1.165, 1.54) is 0 Å². The lowest BCUT2D eigenvalue weighted by atomic mass is 10.2. The molecule has 7 nitrogen and oxygen atoms in total. The van der Waals surface area contributed by atoms with E-state index < -0.39 is 0 Å². The molecular formula is C21H24N6OS. The van der Waals surface area contributed by atoms with E-state index in [-0.39, 0.29) is 5.91 Å². The summed E-state index contributed by atoms with van der Waals surface area (Å²) in [6.07, 6.45) is 2.81. The van der Waals surface area contributed by atoms with Gasteiger partial charge in [0.1, 0.15) is 5.82 Å². The maximum Gasteiger partial charge on any atom is 0.239 e. The molecule has 1 fully saturated rings. The van der Waals surface area contributed by atoms with E-state index >= 15 is 0 Å². The van der Waals surface area contributed by atoms with Crippen LogP contribution in [0.3, 0.4) is 0 Å². The van der Waals surface area contributed by atoms with Crippen LogP contribution in [0.15, 0.2) is 48.0 Å². The Labute approximate surface area is 174 Å².